The lowest BCUT2D eigenvalue weighted by Gasteiger charge is -2.24. The van der Waals surface area contributed by atoms with Gasteiger partial charge in [0.05, 0.1) is 11.1 Å². The van der Waals surface area contributed by atoms with Crippen LogP contribution in [0.1, 0.15) is 53.2 Å². The van der Waals surface area contributed by atoms with E-state index in [4.69, 9.17) is 4.98 Å². The van der Waals surface area contributed by atoms with Gasteiger partial charge < -0.3 is 10.6 Å². The van der Waals surface area contributed by atoms with Crippen molar-refractivity contribution in [2.45, 2.75) is 44.6 Å². The van der Waals surface area contributed by atoms with E-state index in [0.717, 1.165) is 53.7 Å². The Morgan fingerprint density at radius 3 is 2.87 bits per heavy atom. The molecule has 1 atom stereocenters. The minimum absolute atomic E-state index is 0.0404. The van der Waals surface area contributed by atoms with Gasteiger partial charge in [-0.1, -0.05) is 11.6 Å². The molecule has 1 saturated carbocycles. The number of hydrogen-bond acceptors (Lipinski definition) is 3. The van der Waals surface area contributed by atoms with Gasteiger partial charge in [-0.25, -0.2) is 0 Å². The lowest BCUT2D eigenvalue weighted by molar-refractivity contribution is 0.0932. The van der Waals surface area contributed by atoms with Crippen LogP contribution < -0.4 is 10.6 Å². The van der Waals surface area contributed by atoms with Crippen molar-refractivity contribution in [3.05, 3.63) is 41.1 Å². The van der Waals surface area contributed by atoms with Crippen molar-refractivity contribution in [3.63, 3.8) is 0 Å². The first kappa shape index (κ1) is 14.6. The first-order chi connectivity index (χ1) is 11.2. The van der Waals surface area contributed by atoms with Crippen molar-refractivity contribution in [2.24, 2.45) is 0 Å². The summed E-state index contributed by atoms with van der Waals surface area (Å²) in [6.45, 7) is 3.97. The van der Waals surface area contributed by atoms with Crippen LogP contribution in [0.2, 0.25) is 0 Å². The van der Waals surface area contributed by atoms with Gasteiger partial charge in [-0.2, -0.15) is 0 Å². The fraction of sp³-hybridized carbons (Fsp3) is 0.474. The number of pyridine rings is 1. The van der Waals surface area contributed by atoms with Gasteiger partial charge in [0.1, 0.15) is 0 Å². The molecule has 1 aliphatic heterocycles. The molecular formula is C19H23N3O. The second kappa shape index (κ2) is 5.93. The van der Waals surface area contributed by atoms with E-state index >= 15 is 0 Å². The van der Waals surface area contributed by atoms with Gasteiger partial charge in [0.2, 0.25) is 0 Å². The van der Waals surface area contributed by atoms with Gasteiger partial charge in [0, 0.05) is 29.6 Å². The number of aryl methyl sites for hydroxylation is 1. The van der Waals surface area contributed by atoms with E-state index in [1.165, 1.54) is 12.8 Å². The van der Waals surface area contributed by atoms with Crippen molar-refractivity contribution in [1.82, 2.24) is 15.6 Å². The van der Waals surface area contributed by atoms with Crippen LogP contribution in [-0.4, -0.2) is 30.0 Å². The molecule has 0 spiro atoms. The first-order valence-electron chi connectivity index (χ1n) is 8.63. The van der Waals surface area contributed by atoms with Crippen LogP contribution in [0, 0.1) is 6.92 Å². The zero-order chi connectivity index (χ0) is 15.8. The molecule has 1 aromatic heterocycles. The molecule has 1 amide bonds. The van der Waals surface area contributed by atoms with Crippen LogP contribution >= 0.6 is 0 Å². The van der Waals surface area contributed by atoms with E-state index in [0.29, 0.717) is 5.92 Å². The standard InChI is InChI=1S/C19H23N3O/c1-12-4-7-17-15(9-12)16(10-18(22-17)13-5-6-13)19(23)21-14-3-2-8-20-11-14/h4,7,9-10,13-14,20H,2-3,5-6,8,11H2,1H3,(H,21,23)/t14-/m0/s1. The second-order valence-electron chi connectivity index (χ2n) is 6.91. The molecule has 4 rings (SSSR count). The zero-order valence-corrected chi connectivity index (χ0v) is 13.6. The SMILES string of the molecule is Cc1ccc2nc(C3CC3)cc(C(=O)N[C@H]3CCCNC3)c2c1. The van der Waals surface area contributed by atoms with Gasteiger partial charge in [-0.05, 0) is 57.4 Å². The molecule has 2 fully saturated rings. The third kappa shape index (κ3) is 3.08. The number of rotatable bonds is 3. The second-order valence-corrected chi connectivity index (χ2v) is 6.91. The molecule has 120 valence electrons. The number of aromatic nitrogens is 1. The zero-order valence-electron chi connectivity index (χ0n) is 13.6. The van der Waals surface area contributed by atoms with Crippen molar-refractivity contribution in [1.29, 1.82) is 0 Å². The summed E-state index contributed by atoms with van der Waals surface area (Å²) in [6.07, 6.45) is 4.56. The normalized spacial score (nSPS) is 21.3. The lowest BCUT2D eigenvalue weighted by atomic mass is 10.0. The summed E-state index contributed by atoms with van der Waals surface area (Å²) in [7, 11) is 0. The summed E-state index contributed by atoms with van der Waals surface area (Å²) >= 11 is 0. The Kier molecular flexibility index (Phi) is 3.77. The topological polar surface area (TPSA) is 54.0 Å². The van der Waals surface area contributed by atoms with Crippen LogP contribution in [0.4, 0.5) is 0 Å². The predicted octanol–water partition coefficient (Wildman–Crippen LogP) is 2.90. The highest BCUT2D eigenvalue weighted by atomic mass is 16.1. The maximum atomic E-state index is 12.9. The number of hydrogen-bond donors (Lipinski definition) is 2. The molecular weight excluding hydrogens is 286 g/mol. The quantitative estimate of drug-likeness (QED) is 0.916. The molecule has 1 saturated heterocycles. The Labute approximate surface area is 136 Å². The molecule has 2 heterocycles. The number of amides is 1. The highest BCUT2D eigenvalue weighted by molar-refractivity contribution is 6.06. The number of carbonyl (C=O) groups is 1. The summed E-state index contributed by atoms with van der Waals surface area (Å²) in [6, 6.07) is 8.43. The summed E-state index contributed by atoms with van der Waals surface area (Å²) in [4.78, 5) is 17.6. The summed E-state index contributed by atoms with van der Waals surface area (Å²) in [5.74, 6) is 0.585. The largest absolute Gasteiger partial charge is 0.348 e. The fourth-order valence-electron chi connectivity index (χ4n) is 3.37. The molecule has 1 aromatic carbocycles. The highest BCUT2D eigenvalue weighted by Crippen LogP contribution is 2.40. The molecule has 0 radical (unpaired) electrons. The smallest absolute Gasteiger partial charge is 0.252 e. The van der Waals surface area contributed by atoms with Crippen LogP contribution in [0.15, 0.2) is 24.3 Å². The highest BCUT2D eigenvalue weighted by Gasteiger charge is 2.27. The molecule has 0 unspecified atom stereocenters. The van der Waals surface area contributed by atoms with Crippen molar-refractivity contribution >= 4 is 16.8 Å². The molecule has 4 heteroatoms. The van der Waals surface area contributed by atoms with Gasteiger partial charge in [-0.3, -0.25) is 9.78 Å². The summed E-state index contributed by atoms with van der Waals surface area (Å²) in [5.41, 5.74) is 3.96. The maximum absolute atomic E-state index is 12.9. The molecule has 0 bridgehead atoms. The van der Waals surface area contributed by atoms with E-state index in [-0.39, 0.29) is 11.9 Å². The number of nitrogens with one attached hydrogen (secondary N) is 2. The van der Waals surface area contributed by atoms with E-state index in [1.54, 1.807) is 0 Å². The molecule has 1 aliphatic carbocycles. The van der Waals surface area contributed by atoms with E-state index in [2.05, 4.69) is 29.7 Å². The van der Waals surface area contributed by atoms with Crippen molar-refractivity contribution in [2.75, 3.05) is 13.1 Å². The number of piperidine rings is 1. The Balaban J connectivity index is 1.70. The van der Waals surface area contributed by atoms with Crippen LogP contribution in [0.5, 0.6) is 0 Å². The predicted molar refractivity (Wildman–Crippen MR) is 91.8 cm³/mol. The van der Waals surface area contributed by atoms with Gasteiger partial charge in [0.15, 0.2) is 0 Å². The molecule has 2 aromatic rings. The number of carbonyl (C=O) groups excluding carboxylic acids is 1. The van der Waals surface area contributed by atoms with Crippen LogP contribution in [0.3, 0.4) is 0 Å². The summed E-state index contributed by atoms with van der Waals surface area (Å²) in [5, 5.41) is 7.52. The third-order valence-electron chi connectivity index (χ3n) is 4.86. The summed E-state index contributed by atoms with van der Waals surface area (Å²) < 4.78 is 0. The Bertz CT molecular complexity index is 746. The van der Waals surface area contributed by atoms with Crippen LogP contribution in [0.25, 0.3) is 10.9 Å². The average molecular weight is 309 g/mol. The van der Waals surface area contributed by atoms with Crippen molar-refractivity contribution < 1.29 is 4.79 Å². The first-order valence-corrected chi connectivity index (χ1v) is 8.63. The minimum Gasteiger partial charge on any atom is -0.348 e. The van der Waals surface area contributed by atoms with E-state index < -0.39 is 0 Å². The third-order valence-corrected chi connectivity index (χ3v) is 4.86. The van der Waals surface area contributed by atoms with E-state index in [9.17, 15) is 4.79 Å². The molecule has 2 N–H and O–H groups in total. The van der Waals surface area contributed by atoms with Crippen molar-refractivity contribution in [3.8, 4) is 0 Å². The monoisotopic (exact) mass is 309 g/mol. The van der Waals surface area contributed by atoms with E-state index in [1.807, 2.05) is 12.1 Å². The van der Waals surface area contributed by atoms with Gasteiger partial charge in [-0.15, -0.1) is 0 Å². The maximum Gasteiger partial charge on any atom is 0.252 e. The Morgan fingerprint density at radius 2 is 2.13 bits per heavy atom. The molecule has 2 aliphatic rings. The Morgan fingerprint density at radius 1 is 1.26 bits per heavy atom. The van der Waals surface area contributed by atoms with Crippen LogP contribution in [-0.2, 0) is 0 Å². The number of benzene rings is 1. The average Bonchev–Trinajstić information content (AvgIpc) is 3.39. The lowest BCUT2D eigenvalue weighted by Crippen LogP contribution is -2.45. The number of fused-ring (bicyclic) bond motifs is 1. The minimum atomic E-state index is 0.0404. The molecule has 4 nitrogen and oxygen atoms in total. The number of nitrogens with zero attached hydrogens (tertiary/aromatic N) is 1. The fourth-order valence-corrected chi connectivity index (χ4v) is 3.37. The Hall–Kier alpha value is -1.94. The van der Waals surface area contributed by atoms with Gasteiger partial charge >= 0.3 is 0 Å². The molecule has 23 heavy (non-hydrogen) atoms. The van der Waals surface area contributed by atoms with Gasteiger partial charge in [0.25, 0.3) is 5.91 Å².